The van der Waals surface area contributed by atoms with Crippen LogP contribution in [0.4, 0.5) is 0 Å². The van der Waals surface area contributed by atoms with Gasteiger partial charge < -0.3 is 9.94 Å². The van der Waals surface area contributed by atoms with Crippen molar-refractivity contribution < 1.29 is 14.7 Å². The van der Waals surface area contributed by atoms with E-state index in [4.69, 9.17) is 5.21 Å². The largest absolute Gasteiger partial charge is 0.465 e. The van der Waals surface area contributed by atoms with Crippen molar-refractivity contribution in [3.63, 3.8) is 0 Å². The maximum atomic E-state index is 11.2. The minimum absolute atomic E-state index is 0.386. The molecule has 0 aliphatic rings. The van der Waals surface area contributed by atoms with Crippen LogP contribution in [0.15, 0.2) is 23.5 Å². The van der Waals surface area contributed by atoms with E-state index in [9.17, 15) is 4.79 Å². The zero-order valence-electron chi connectivity index (χ0n) is 8.60. The minimum Gasteiger partial charge on any atom is -0.465 e. The van der Waals surface area contributed by atoms with Gasteiger partial charge >= 0.3 is 5.97 Å². The molecule has 15 heavy (non-hydrogen) atoms. The Morgan fingerprint density at radius 3 is 2.93 bits per heavy atom. The summed E-state index contributed by atoms with van der Waals surface area (Å²) >= 11 is 0. The second-order valence-corrected chi connectivity index (χ2v) is 2.82. The molecular formula is C10H12N2O3. The van der Waals surface area contributed by atoms with Crippen LogP contribution in [0.25, 0.3) is 0 Å². The normalized spacial score (nSPS) is 11.2. The molecule has 0 amide bonds. The number of nitrogens with zero attached hydrogens (tertiary/aromatic N) is 2. The van der Waals surface area contributed by atoms with E-state index >= 15 is 0 Å². The summed E-state index contributed by atoms with van der Waals surface area (Å²) in [6, 6.07) is 3.07. The number of aromatic nitrogens is 1. The molecule has 5 heteroatoms. The van der Waals surface area contributed by atoms with Crippen LogP contribution in [0.5, 0.6) is 0 Å². The van der Waals surface area contributed by atoms with Crippen molar-refractivity contribution in [3.8, 4) is 0 Å². The van der Waals surface area contributed by atoms with Crippen molar-refractivity contribution >= 4 is 11.7 Å². The van der Waals surface area contributed by atoms with Crippen molar-refractivity contribution in [1.29, 1.82) is 0 Å². The Morgan fingerprint density at radius 1 is 1.67 bits per heavy atom. The molecular weight excluding hydrogens is 196 g/mol. The van der Waals surface area contributed by atoms with Gasteiger partial charge in [0.1, 0.15) is 5.71 Å². The third-order valence-corrected chi connectivity index (χ3v) is 1.93. The van der Waals surface area contributed by atoms with Crippen LogP contribution in [-0.4, -0.2) is 29.0 Å². The number of ether oxygens (including phenoxy) is 1. The lowest BCUT2D eigenvalue weighted by Gasteiger charge is -2.02. The van der Waals surface area contributed by atoms with Gasteiger partial charge in [-0.1, -0.05) is 12.1 Å². The number of rotatable bonds is 3. The molecule has 0 aliphatic heterocycles. The predicted molar refractivity (Wildman–Crippen MR) is 54.2 cm³/mol. The fourth-order valence-corrected chi connectivity index (χ4v) is 1.14. The van der Waals surface area contributed by atoms with Gasteiger partial charge in [0, 0.05) is 6.20 Å². The molecule has 0 fully saturated rings. The van der Waals surface area contributed by atoms with E-state index < -0.39 is 5.97 Å². The molecule has 80 valence electrons. The number of oxime groups is 1. The molecule has 0 radical (unpaired) electrons. The van der Waals surface area contributed by atoms with Gasteiger partial charge in [0.05, 0.1) is 18.4 Å². The van der Waals surface area contributed by atoms with E-state index in [2.05, 4.69) is 14.9 Å². The maximum absolute atomic E-state index is 11.2. The van der Waals surface area contributed by atoms with Crippen molar-refractivity contribution in [2.24, 2.45) is 5.16 Å². The first-order valence-corrected chi connectivity index (χ1v) is 4.48. The van der Waals surface area contributed by atoms with E-state index in [1.165, 1.54) is 19.4 Å². The van der Waals surface area contributed by atoms with Crippen LogP contribution in [0, 0.1) is 0 Å². The lowest BCUT2D eigenvalue weighted by molar-refractivity contribution is 0.0600. The fourth-order valence-electron chi connectivity index (χ4n) is 1.14. The molecule has 0 saturated carbocycles. The molecule has 0 bridgehead atoms. The highest BCUT2D eigenvalue weighted by atomic mass is 16.5. The number of hydrogen-bond acceptors (Lipinski definition) is 5. The third-order valence-electron chi connectivity index (χ3n) is 1.93. The molecule has 0 unspecified atom stereocenters. The van der Waals surface area contributed by atoms with Crippen LogP contribution in [0.1, 0.15) is 29.4 Å². The van der Waals surface area contributed by atoms with E-state index in [-0.39, 0.29) is 0 Å². The lowest BCUT2D eigenvalue weighted by atomic mass is 10.1. The molecule has 0 atom stereocenters. The standard InChI is InChI=1S/C10H12N2O3/c1-3-8(12-14)9-6-7(4-5-11-9)10(13)15-2/h4-6,14H,3H2,1-2H3/b12-8+. The van der Waals surface area contributed by atoms with E-state index in [1.807, 2.05) is 6.92 Å². The first-order chi connectivity index (χ1) is 7.22. The summed E-state index contributed by atoms with van der Waals surface area (Å²) in [5, 5.41) is 11.8. The molecule has 1 heterocycles. The molecule has 0 spiro atoms. The van der Waals surface area contributed by atoms with Crippen molar-refractivity contribution in [1.82, 2.24) is 4.98 Å². The third kappa shape index (κ3) is 2.52. The summed E-state index contributed by atoms with van der Waals surface area (Å²) in [5.41, 5.74) is 1.29. The number of methoxy groups -OCH3 is 1. The molecule has 0 aliphatic carbocycles. The molecule has 0 aromatic carbocycles. The Bertz CT molecular complexity index is 388. The average Bonchev–Trinajstić information content (AvgIpc) is 2.30. The number of esters is 1. The fraction of sp³-hybridized carbons (Fsp3) is 0.300. The van der Waals surface area contributed by atoms with Crippen LogP contribution >= 0.6 is 0 Å². The Labute approximate surface area is 87.4 Å². The highest BCUT2D eigenvalue weighted by Crippen LogP contribution is 2.06. The monoisotopic (exact) mass is 208 g/mol. The van der Waals surface area contributed by atoms with Crippen molar-refractivity contribution in [3.05, 3.63) is 29.6 Å². The molecule has 1 aromatic rings. The summed E-state index contributed by atoms with van der Waals surface area (Å²) in [6.07, 6.45) is 2.01. The predicted octanol–water partition coefficient (Wildman–Crippen LogP) is 1.46. The summed E-state index contributed by atoms with van der Waals surface area (Å²) in [5.74, 6) is -0.438. The van der Waals surface area contributed by atoms with Gasteiger partial charge in [0.2, 0.25) is 0 Å². The van der Waals surface area contributed by atoms with E-state index in [1.54, 1.807) is 6.07 Å². The first-order valence-electron chi connectivity index (χ1n) is 4.48. The van der Waals surface area contributed by atoms with Crippen LogP contribution in [-0.2, 0) is 4.74 Å². The summed E-state index contributed by atoms with van der Waals surface area (Å²) in [7, 11) is 1.31. The Hall–Kier alpha value is -1.91. The van der Waals surface area contributed by atoms with Gasteiger partial charge in [-0.25, -0.2) is 4.79 Å². The average molecular weight is 208 g/mol. The van der Waals surface area contributed by atoms with Gasteiger partial charge in [0.15, 0.2) is 0 Å². The molecule has 1 N–H and O–H groups in total. The summed E-state index contributed by atoms with van der Waals surface area (Å²) in [6.45, 7) is 1.83. The molecule has 1 rings (SSSR count). The second kappa shape index (κ2) is 5.09. The zero-order chi connectivity index (χ0) is 11.3. The van der Waals surface area contributed by atoms with Gasteiger partial charge in [-0.15, -0.1) is 0 Å². The number of carbonyl (C=O) groups is 1. The second-order valence-electron chi connectivity index (χ2n) is 2.82. The summed E-state index contributed by atoms with van der Waals surface area (Å²) < 4.78 is 4.57. The van der Waals surface area contributed by atoms with Crippen molar-refractivity contribution in [2.75, 3.05) is 7.11 Å². The number of hydrogen-bond donors (Lipinski definition) is 1. The van der Waals surface area contributed by atoms with Gasteiger partial charge in [0.25, 0.3) is 0 Å². The Kier molecular flexibility index (Phi) is 3.79. The smallest absolute Gasteiger partial charge is 0.337 e. The van der Waals surface area contributed by atoms with Crippen molar-refractivity contribution in [2.45, 2.75) is 13.3 Å². The highest BCUT2D eigenvalue weighted by molar-refractivity contribution is 6.00. The topological polar surface area (TPSA) is 71.8 Å². The SMILES string of the molecule is CC/C(=N\O)c1cc(C(=O)OC)ccn1. The lowest BCUT2D eigenvalue weighted by Crippen LogP contribution is -2.07. The van der Waals surface area contributed by atoms with Crippen LogP contribution in [0.2, 0.25) is 0 Å². The Balaban J connectivity index is 3.07. The Morgan fingerprint density at radius 2 is 2.40 bits per heavy atom. The van der Waals surface area contributed by atoms with Crippen LogP contribution in [0.3, 0.4) is 0 Å². The highest BCUT2D eigenvalue weighted by Gasteiger charge is 2.09. The first kappa shape index (κ1) is 11.2. The zero-order valence-corrected chi connectivity index (χ0v) is 8.60. The number of carbonyl (C=O) groups excluding carboxylic acids is 1. The van der Waals surface area contributed by atoms with Gasteiger partial charge in [-0.2, -0.15) is 0 Å². The summed E-state index contributed by atoms with van der Waals surface area (Å²) in [4.78, 5) is 15.2. The van der Waals surface area contributed by atoms with E-state index in [0.717, 1.165) is 0 Å². The van der Waals surface area contributed by atoms with Gasteiger partial charge in [-0.05, 0) is 18.6 Å². The van der Waals surface area contributed by atoms with E-state index in [0.29, 0.717) is 23.4 Å². The quantitative estimate of drug-likeness (QED) is 0.353. The maximum Gasteiger partial charge on any atom is 0.337 e. The molecule has 5 nitrogen and oxygen atoms in total. The minimum atomic E-state index is -0.438. The molecule has 1 aromatic heterocycles. The van der Waals surface area contributed by atoms with Gasteiger partial charge in [-0.3, -0.25) is 4.98 Å². The number of pyridine rings is 1. The van der Waals surface area contributed by atoms with Crippen LogP contribution < -0.4 is 0 Å². The molecule has 0 saturated heterocycles.